The van der Waals surface area contributed by atoms with Gasteiger partial charge in [0, 0.05) is 10.5 Å². The molecule has 3 N–H and O–H groups in total. The molecule has 0 heterocycles. The van der Waals surface area contributed by atoms with Crippen molar-refractivity contribution >= 4 is 39.1 Å². The molecule has 0 aliphatic heterocycles. The Labute approximate surface area is 152 Å². The fourth-order valence-corrected chi connectivity index (χ4v) is 2.54. The largest absolute Gasteiger partial charge is 0.322 e. The molecule has 0 saturated carbocycles. The Hall–Kier alpha value is -2.32. The van der Waals surface area contributed by atoms with E-state index in [1.54, 1.807) is 25.2 Å². The summed E-state index contributed by atoms with van der Waals surface area (Å²) >= 11 is 3.33. The van der Waals surface area contributed by atoms with Crippen LogP contribution in [0.2, 0.25) is 0 Å². The molecule has 1 atom stereocenters. The summed E-state index contributed by atoms with van der Waals surface area (Å²) in [5.74, 6) is -2.16. The van der Waals surface area contributed by atoms with Gasteiger partial charge in [-0.1, -0.05) is 12.1 Å². The maximum atomic E-state index is 13.5. The molecule has 1 unspecified atom stereocenters. The van der Waals surface area contributed by atoms with Crippen LogP contribution in [0.5, 0.6) is 0 Å². The molecule has 132 valence electrons. The summed E-state index contributed by atoms with van der Waals surface area (Å²) in [7, 11) is 1.65. The maximum Gasteiger partial charge on any atom is 0.279 e. The molecule has 0 fully saturated rings. The van der Waals surface area contributed by atoms with Gasteiger partial charge in [-0.05, 0) is 40.2 Å². The lowest BCUT2D eigenvalue weighted by Crippen LogP contribution is -3.11. The van der Waals surface area contributed by atoms with Gasteiger partial charge >= 0.3 is 0 Å². The average molecular weight is 413 g/mol. The van der Waals surface area contributed by atoms with Gasteiger partial charge in [-0.3, -0.25) is 9.59 Å². The molecule has 2 aromatic carbocycles. The Morgan fingerprint density at radius 3 is 2.24 bits per heavy atom. The predicted molar refractivity (Wildman–Crippen MR) is 94.4 cm³/mol. The van der Waals surface area contributed by atoms with Gasteiger partial charge in [-0.2, -0.15) is 0 Å². The summed E-state index contributed by atoms with van der Waals surface area (Å²) < 4.78 is 27.3. The van der Waals surface area contributed by atoms with E-state index in [4.69, 9.17) is 0 Å². The molecule has 0 bridgehead atoms. The van der Waals surface area contributed by atoms with E-state index in [1.165, 1.54) is 0 Å². The number of hydrogen-bond donors (Lipinski definition) is 3. The molecule has 25 heavy (non-hydrogen) atoms. The molecule has 0 radical (unpaired) electrons. The Kier molecular flexibility index (Phi) is 6.60. The lowest BCUT2D eigenvalue weighted by Gasteiger charge is -2.14. The lowest BCUT2D eigenvalue weighted by molar-refractivity contribution is -0.862. The van der Waals surface area contributed by atoms with Crippen molar-refractivity contribution in [2.45, 2.75) is 0 Å². The zero-order valence-corrected chi connectivity index (χ0v) is 15.0. The summed E-state index contributed by atoms with van der Waals surface area (Å²) in [6, 6.07) is 9.97. The van der Waals surface area contributed by atoms with E-state index >= 15 is 0 Å². The fraction of sp³-hybridized carbons (Fsp3) is 0.176. The number of likely N-dealkylation sites (N-methyl/N-ethyl adjacent to an activating group) is 1. The number of para-hydroxylation sites is 1. The number of amides is 2. The van der Waals surface area contributed by atoms with Crippen LogP contribution in [-0.2, 0) is 9.59 Å². The minimum absolute atomic E-state index is 0.0421. The number of quaternary nitrogens is 1. The van der Waals surface area contributed by atoms with E-state index in [1.807, 2.05) is 6.07 Å². The zero-order chi connectivity index (χ0) is 18.4. The van der Waals surface area contributed by atoms with Crippen molar-refractivity contribution in [1.29, 1.82) is 0 Å². The second-order valence-corrected chi connectivity index (χ2v) is 6.37. The van der Waals surface area contributed by atoms with Crippen LogP contribution in [0.3, 0.4) is 0 Å². The van der Waals surface area contributed by atoms with Crippen molar-refractivity contribution in [1.82, 2.24) is 0 Å². The van der Waals surface area contributed by atoms with Gasteiger partial charge in [0.05, 0.1) is 18.4 Å². The second kappa shape index (κ2) is 8.68. The molecule has 0 aliphatic rings. The highest BCUT2D eigenvalue weighted by Gasteiger charge is 2.16. The van der Waals surface area contributed by atoms with E-state index in [0.717, 1.165) is 22.7 Å². The highest BCUT2D eigenvalue weighted by atomic mass is 79.9. The average Bonchev–Trinajstić information content (AvgIpc) is 2.52. The summed E-state index contributed by atoms with van der Waals surface area (Å²) in [5, 5.41) is 5.03. The third-order valence-corrected chi connectivity index (χ3v) is 3.97. The minimum atomic E-state index is -0.723. The van der Waals surface area contributed by atoms with Crippen LogP contribution >= 0.6 is 15.9 Å². The summed E-state index contributed by atoms with van der Waals surface area (Å²) in [5.41, 5.74) is 0.405. The fourth-order valence-electron chi connectivity index (χ4n) is 2.16. The minimum Gasteiger partial charge on any atom is -0.322 e. The number of nitrogens with one attached hydrogen (secondary N) is 3. The van der Waals surface area contributed by atoms with Gasteiger partial charge in [-0.15, -0.1) is 0 Å². The van der Waals surface area contributed by atoms with Crippen LogP contribution in [0.15, 0.2) is 46.9 Å². The number of benzene rings is 2. The maximum absolute atomic E-state index is 13.5. The van der Waals surface area contributed by atoms with Crippen molar-refractivity contribution < 1.29 is 23.3 Å². The Morgan fingerprint density at radius 1 is 1.00 bits per heavy atom. The van der Waals surface area contributed by atoms with Crippen molar-refractivity contribution in [2.24, 2.45) is 0 Å². The number of rotatable bonds is 6. The van der Waals surface area contributed by atoms with Crippen LogP contribution < -0.4 is 15.5 Å². The van der Waals surface area contributed by atoms with Gasteiger partial charge in [0.2, 0.25) is 0 Å². The molecule has 0 spiro atoms. The Morgan fingerprint density at radius 2 is 1.60 bits per heavy atom. The Balaban J connectivity index is 1.85. The number of anilines is 2. The molecule has 8 heteroatoms. The SMILES string of the molecule is C[NH+](CC(=O)Nc1cc(F)ccc1F)CC(=O)Nc1ccccc1Br. The van der Waals surface area contributed by atoms with Gasteiger partial charge < -0.3 is 15.5 Å². The molecule has 0 aliphatic carbocycles. The van der Waals surface area contributed by atoms with Crippen molar-refractivity contribution in [3.8, 4) is 0 Å². The first-order valence-electron chi connectivity index (χ1n) is 7.45. The van der Waals surface area contributed by atoms with Crippen molar-refractivity contribution in [3.63, 3.8) is 0 Å². The third-order valence-electron chi connectivity index (χ3n) is 3.28. The lowest BCUT2D eigenvalue weighted by atomic mass is 10.3. The van der Waals surface area contributed by atoms with E-state index in [2.05, 4.69) is 26.6 Å². The van der Waals surface area contributed by atoms with Crippen molar-refractivity contribution in [2.75, 3.05) is 30.8 Å². The van der Waals surface area contributed by atoms with E-state index in [0.29, 0.717) is 10.6 Å². The summed E-state index contributed by atoms with van der Waals surface area (Å²) in [4.78, 5) is 24.5. The summed E-state index contributed by atoms with van der Waals surface area (Å²) in [6.45, 7) is -0.0281. The van der Waals surface area contributed by atoms with E-state index in [9.17, 15) is 18.4 Å². The quantitative estimate of drug-likeness (QED) is 0.677. The first kappa shape index (κ1) is 19.0. The van der Waals surface area contributed by atoms with Crippen LogP contribution in [0.4, 0.5) is 20.2 Å². The molecule has 0 aromatic heterocycles. The standard InChI is InChI=1S/C17H16BrF2N3O2/c1-23(9-16(24)21-14-5-3-2-4-12(14)18)10-17(25)22-15-8-11(19)6-7-13(15)20/h2-8H,9-10H2,1H3,(H,21,24)(H,22,25)/p+1. The van der Waals surface area contributed by atoms with Gasteiger partial charge in [0.25, 0.3) is 11.8 Å². The normalized spacial score (nSPS) is 11.7. The number of hydrogen-bond acceptors (Lipinski definition) is 2. The molecule has 2 rings (SSSR count). The topological polar surface area (TPSA) is 62.6 Å². The smallest absolute Gasteiger partial charge is 0.279 e. The second-order valence-electron chi connectivity index (χ2n) is 5.51. The molecule has 2 amide bonds. The Bertz CT molecular complexity index is 786. The van der Waals surface area contributed by atoms with Crippen LogP contribution in [0.25, 0.3) is 0 Å². The molecule has 5 nitrogen and oxygen atoms in total. The summed E-state index contributed by atoms with van der Waals surface area (Å²) in [6.07, 6.45) is 0. The van der Waals surface area contributed by atoms with Gasteiger partial charge in [0.15, 0.2) is 13.1 Å². The van der Waals surface area contributed by atoms with E-state index < -0.39 is 17.5 Å². The first-order chi connectivity index (χ1) is 11.8. The number of carbonyl (C=O) groups is 2. The first-order valence-corrected chi connectivity index (χ1v) is 8.25. The van der Waals surface area contributed by atoms with Gasteiger partial charge in [-0.25, -0.2) is 8.78 Å². The zero-order valence-electron chi connectivity index (χ0n) is 13.4. The van der Waals surface area contributed by atoms with Crippen LogP contribution in [0.1, 0.15) is 0 Å². The molecular formula is C17H17BrF2N3O2+. The number of halogens is 3. The van der Waals surface area contributed by atoms with Crippen molar-refractivity contribution in [3.05, 3.63) is 58.6 Å². The van der Waals surface area contributed by atoms with Crippen LogP contribution in [-0.4, -0.2) is 32.0 Å². The monoisotopic (exact) mass is 412 g/mol. The third kappa shape index (κ3) is 5.91. The van der Waals surface area contributed by atoms with Crippen LogP contribution in [0, 0.1) is 11.6 Å². The number of carbonyl (C=O) groups excluding carboxylic acids is 2. The highest BCUT2D eigenvalue weighted by Crippen LogP contribution is 2.20. The molecule has 2 aromatic rings. The highest BCUT2D eigenvalue weighted by molar-refractivity contribution is 9.10. The molecular weight excluding hydrogens is 396 g/mol. The van der Waals surface area contributed by atoms with Gasteiger partial charge in [0.1, 0.15) is 11.6 Å². The molecule has 0 saturated heterocycles. The predicted octanol–water partition coefficient (Wildman–Crippen LogP) is 1.82. The van der Waals surface area contributed by atoms with E-state index in [-0.39, 0.29) is 24.7 Å².